The van der Waals surface area contributed by atoms with E-state index < -0.39 is 5.60 Å². The Morgan fingerprint density at radius 2 is 2.29 bits per heavy atom. The number of nitrogens with one attached hydrogen (secondary N) is 2. The quantitative estimate of drug-likeness (QED) is 0.872. The van der Waals surface area contributed by atoms with E-state index in [0.29, 0.717) is 18.5 Å². The van der Waals surface area contributed by atoms with Crippen LogP contribution in [0.1, 0.15) is 45.7 Å². The molecule has 0 aliphatic heterocycles. The number of aromatic nitrogens is 2. The summed E-state index contributed by atoms with van der Waals surface area (Å²) in [5, 5.41) is 12.4. The third kappa shape index (κ3) is 5.59. The number of amides is 1. The van der Waals surface area contributed by atoms with E-state index >= 15 is 0 Å². The molecule has 0 radical (unpaired) electrons. The molecule has 1 fully saturated rings. The lowest BCUT2D eigenvalue weighted by Gasteiger charge is -2.23. The van der Waals surface area contributed by atoms with Gasteiger partial charge in [-0.05, 0) is 51.1 Å². The molecule has 21 heavy (non-hydrogen) atoms. The van der Waals surface area contributed by atoms with Crippen molar-refractivity contribution in [2.24, 2.45) is 5.92 Å². The predicted octanol–water partition coefficient (Wildman–Crippen LogP) is 2.32. The molecule has 0 bridgehead atoms. The topological polar surface area (TPSA) is 76.1 Å². The van der Waals surface area contributed by atoms with Crippen molar-refractivity contribution in [3.63, 3.8) is 0 Å². The smallest absolute Gasteiger partial charge is 0.407 e. The summed E-state index contributed by atoms with van der Waals surface area (Å²) in [6.07, 6.45) is 3.12. The second kappa shape index (κ2) is 7.17. The second-order valence-corrected chi connectivity index (χ2v) is 7.07. The number of carbonyl (C=O) groups is 1. The Labute approximate surface area is 129 Å². The Balaban J connectivity index is 1.73. The molecule has 1 amide bonds. The molecule has 0 spiro atoms. The van der Waals surface area contributed by atoms with Crippen LogP contribution in [0.3, 0.4) is 0 Å². The zero-order valence-corrected chi connectivity index (χ0v) is 13.7. The molecular weight excluding hydrogens is 288 g/mol. The number of hydrogen-bond donors (Lipinski definition) is 2. The van der Waals surface area contributed by atoms with E-state index in [0.717, 1.165) is 25.1 Å². The van der Waals surface area contributed by atoms with Crippen LogP contribution in [-0.2, 0) is 11.3 Å². The van der Waals surface area contributed by atoms with E-state index in [4.69, 9.17) is 4.74 Å². The lowest BCUT2D eigenvalue weighted by Crippen LogP contribution is -2.40. The molecule has 0 aromatic carbocycles. The number of rotatable bonds is 5. The number of ether oxygens (including phenoxy) is 1. The normalized spacial score (nSPS) is 22.2. The molecule has 1 aromatic rings. The Bertz CT molecular complexity index is 444. The summed E-state index contributed by atoms with van der Waals surface area (Å²) in [5.74, 6) is 0.448. The molecule has 2 atom stereocenters. The number of nitrogens with zero attached hydrogens (tertiary/aromatic N) is 2. The van der Waals surface area contributed by atoms with Crippen LogP contribution in [0, 0.1) is 5.92 Å². The lowest BCUT2D eigenvalue weighted by molar-refractivity contribution is 0.0517. The van der Waals surface area contributed by atoms with E-state index in [1.807, 2.05) is 26.2 Å². The average Bonchev–Trinajstić information content (AvgIpc) is 3.03. The van der Waals surface area contributed by atoms with Crippen LogP contribution < -0.4 is 10.6 Å². The van der Waals surface area contributed by atoms with Crippen LogP contribution >= 0.6 is 11.5 Å². The van der Waals surface area contributed by atoms with E-state index in [-0.39, 0.29) is 6.09 Å². The fourth-order valence-electron chi connectivity index (χ4n) is 2.58. The van der Waals surface area contributed by atoms with Crippen LogP contribution in [0.5, 0.6) is 0 Å². The minimum atomic E-state index is -0.449. The van der Waals surface area contributed by atoms with Crippen molar-refractivity contribution < 1.29 is 9.53 Å². The van der Waals surface area contributed by atoms with Gasteiger partial charge in [0, 0.05) is 24.5 Å². The van der Waals surface area contributed by atoms with Gasteiger partial charge in [0.1, 0.15) is 5.60 Å². The summed E-state index contributed by atoms with van der Waals surface area (Å²) < 4.78 is 9.12. The van der Waals surface area contributed by atoms with Crippen molar-refractivity contribution >= 4 is 17.6 Å². The first-order valence-corrected chi connectivity index (χ1v) is 8.24. The van der Waals surface area contributed by atoms with Gasteiger partial charge in [0.15, 0.2) is 0 Å². The third-order valence-electron chi connectivity index (χ3n) is 3.52. The van der Waals surface area contributed by atoms with Crippen LogP contribution in [0.15, 0.2) is 5.38 Å². The highest BCUT2D eigenvalue weighted by Gasteiger charge is 2.28. The first-order valence-electron chi connectivity index (χ1n) is 7.40. The van der Waals surface area contributed by atoms with Crippen LogP contribution in [-0.4, -0.2) is 33.9 Å². The van der Waals surface area contributed by atoms with Crippen molar-refractivity contribution in [1.82, 2.24) is 20.2 Å². The van der Waals surface area contributed by atoms with Gasteiger partial charge in [-0.15, -0.1) is 5.10 Å². The molecule has 0 saturated heterocycles. The molecule has 7 heteroatoms. The van der Waals surface area contributed by atoms with Crippen molar-refractivity contribution in [2.75, 3.05) is 6.54 Å². The highest BCUT2D eigenvalue weighted by Crippen LogP contribution is 2.25. The molecule has 1 saturated carbocycles. The highest BCUT2D eigenvalue weighted by atomic mass is 32.1. The molecular formula is C14H24N4O2S. The molecule has 1 aromatic heterocycles. The standard InChI is InChI=1S/C14H24N4O2S/c1-14(2,3)20-13(19)16-7-10-5-4-6-12(10)15-8-11-9-21-18-17-11/h9-10,12,15H,4-8H2,1-3H3,(H,16,19). The maximum atomic E-state index is 11.7. The largest absolute Gasteiger partial charge is 0.444 e. The summed E-state index contributed by atoms with van der Waals surface area (Å²) in [5.41, 5.74) is 0.528. The third-order valence-corrected chi connectivity index (χ3v) is 4.07. The van der Waals surface area contributed by atoms with Crippen LogP contribution in [0.25, 0.3) is 0 Å². The number of carbonyl (C=O) groups excluding carboxylic acids is 1. The van der Waals surface area contributed by atoms with Gasteiger partial charge in [0.05, 0.1) is 5.69 Å². The van der Waals surface area contributed by atoms with E-state index in [1.165, 1.54) is 18.0 Å². The SMILES string of the molecule is CC(C)(C)OC(=O)NCC1CCCC1NCc1csnn1. The Kier molecular flexibility index (Phi) is 5.52. The van der Waals surface area contributed by atoms with Crippen LogP contribution in [0.4, 0.5) is 4.79 Å². The molecule has 118 valence electrons. The highest BCUT2D eigenvalue weighted by molar-refractivity contribution is 7.03. The fourth-order valence-corrected chi connectivity index (χ4v) is 3.03. The first-order chi connectivity index (χ1) is 9.94. The van der Waals surface area contributed by atoms with Gasteiger partial charge in [-0.1, -0.05) is 10.9 Å². The van der Waals surface area contributed by atoms with E-state index in [1.54, 1.807) is 0 Å². The van der Waals surface area contributed by atoms with Crippen molar-refractivity contribution in [2.45, 2.75) is 58.2 Å². The average molecular weight is 312 g/mol. The molecule has 2 unspecified atom stereocenters. The van der Waals surface area contributed by atoms with Gasteiger partial charge in [-0.2, -0.15) is 0 Å². The predicted molar refractivity (Wildman–Crippen MR) is 82.1 cm³/mol. The van der Waals surface area contributed by atoms with Crippen molar-refractivity contribution in [3.05, 3.63) is 11.1 Å². The maximum Gasteiger partial charge on any atom is 0.407 e. The number of hydrogen-bond acceptors (Lipinski definition) is 6. The Morgan fingerprint density at radius 1 is 1.48 bits per heavy atom. The van der Waals surface area contributed by atoms with E-state index in [9.17, 15) is 4.79 Å². The Morgan fingerprint density at radius 3 is 2.95 bits per heavy atom. The Hall–Kier alpha value is -1.21. The molecule has 1 heterocycles. The van der Waals surface area contributed by atoms with Gasteiger partial charge in [0.25, 0.3) is 0 Å². The van der Waals surface area contributed by atoms with Gasteiger partial charge < -0.3 is 15.4 Å². The number of alkyl carbamates (subject to hydrolysis) is 1. The molecule has 2 rings (SSSR count). The summed E-state index contributed by atoms with van der Waals surface area (Å²) in [7, 11) is 0. The van der Waals surface area contributed by atoms with Gasteiger partial charge >= 0.3 is 6.09 Å². The maximum absolute atomic E-state index is 11.7. The van der Waals surface area contributed by atoms with Crippen LogP contribution in [0.2, 0.25) is 0 Å². The summed E-state index contributed by atoms with van der Waals surface area (Å²) in [4.78, 5) is 11.7. The first kappa shape index (κ1) is 16.2. The molecule has 1 aliphatic rings. The zero-order valence-electron chi connectivity index (χ0n) is 12.9. The zero-order chi connectivity index (χ0) is 15.3. The van der Waals surface area contributed by atoms with Gasteiger partial charge in [-0.25, -0.2) is 4.79 Å². The summed E-state index contributed by atoms with van der Waals surface area (Å²) >= 11 is 1.37. The monoisotopic (exact) mass is 312 g/mol. The van der Waals surface area contributed by atoms with Gasteiger partial charge in [-0.3, -0.25) is 0 Å². The molecule has 1 aliphatic carbocycles. The summed E-state index contributed by atoms with van der Waals surface area (Å²) in [6.45, 7) is 7.00. The second-order valence-electron chi connectivity index (χ2n) is 6.46. The molecule has 2 N–H and O–H groups in total. The van der Waals surface area contributed by atoms with Crippen molar-refractivity contribution in [3.8, 4) is 0 Å². The van der Waals surface area contributed by atoms with Gasteiger partial charge in [0.2, 0.25) is 0 Å². The van der Waals surface area contributed by atoms with Crippen molar-refractivity contribution in [1.29, 1.82) is 0 Å². The fraction of sp³-hybridized carbons (Fsp3) is 0.786. The molecule has 6 nitrogen and oxygen atoms in total. The van der Waals surface area contributed by atoms with E-state index in [2.05, 4.69) is 20.2 Å². The minimum absolute atomic E-state index is 0.336. The lowest BCUT2D eigenvalue weighted by atomic mass is 10.0. The minimum Gasteiger partial charge on any atom is -0.444 e. The summed E-state index contributed by atoms with van der Waals surface area (Å²) in [6, 6.07) is 0.418.